The Morgan fingerprint density at radius 2 is 1.77 bits per heavy atom. The van der Waals surface area contributed by atoms with Crippen LogP contribution >= 0.6 is 0 Å². The Hall–Kier alpha value is -2.77. The zero-order valence-corrected chi connectivity index (χ0v) is 14.6. The van der Waals surface area contributed by atoms with Gasteiger partial charge in [0.1, 0.15) is 6.10 Å². The van der Waals surface area contributed by atoms with Crippen molar-refractivity contribution >= 4 is 29.3 Å². The van der Waals surface area contributed by atoms with Gasteiger partial charge in [-0.3, -0.25) is 14.5 Å². The molecule has 4 rings (SSSR count). The number of ether oxygens (including phenoxy) is 1. The van der Waals surface area contributed by atoms with Crippen molar-refractivity contribution in [1.82, 2.24) is 5.32 Å². The van der Waals surface area contributed by atoms with Crippen molar-refractivity contribution in [2.75, 3.05) is 36.0 Å². The summed E-state index contributed by atoms with van der Waals surface area (Å²) in [6, 6.07) is 7.75. The molecule has 138 valence electrons. The van der Waals surface area contributed by atoms with Crippen molar-refractivity contribution in [2.24, 2.45) is 23.5 Å². The maximum atomic E-state index is 12.1. The molecule has 2 heterocycles. The topological polar surface area (TPSA) is 105 Å². The largest absolute Gasteiger partial charge is 0.442 e. The number of cyclic esters (lactones) is 1. The van der Waals surface area contributed by atoms with E-state index in [-0.39, 0.29) is 23.8 Å². The summed E-state index contributed by atoms with van der Waals surface area (Å²) >= 11 is 0. The van der Waals surface area contributed by atoms with E-state index in [9.17, 15) is 14.4 Å². The summed E-state index contributed by atoms with van der Waals surface area (Å²) in [5, 5.41) is 2.66. The lowest BCUT2D eigenvalue weighted by atomic mass is 10.2. The van der Waals surface area contributed by atoms with Gasteiger partial charge in [0, 0.05) is 37.3 Å². The number of primary amides is 1. The maximum Gasteiger partial charge on any atom is 0.414 e. The van der Waals surface area contributed by atoms with Crippen LogP contribution in [0.25, 0.3) is 0 Å². The van der Waals surface area contributed by atoms with E-state index in [0.717, 1.165) is 24.5 Å². The highest BCUT2D eigenvalue weighted by molar-refractivity contribution is 5.90. The Morgan fingerprint density at radius 1 is 1.15 bits per heavy atom. The number of nitrogens with zero attached hydrogens (tertiary/aromatic N) is 2. The fourth-order valence-electron chi connectivity index (χ4n) is 4.10. The van der Waals surface area contributed by atoms with E-state index in [0.29, 0.717) is 24.9 Å². The lowest BCUT2D eigenvalue weighted by molar-refractivity contribution is -0.120. The first kappa shape index (κ1) is 16.7. The highest BCUT2D eigenvalue weighted by Gasteiger charge is 2.58. The van der Waals surface area contributed by atoms with Crippen molar-refractivity contribution in [3.8, 4) is 0 Å². The molecule has 3 aliphatic rings. The predicted molar refractivity (Wildman–Crippen MR) is 94.6 cm³/mol. The Bertz CT molecular complexity index is 738. The van der Waals surface area contributed by atoms with Crippen LogP contribution in [0.15, 0.2) is 24.3 Å². The molecule has 1 unspecified atom stereocenters. The van der Waals surface area contributed by atoms with Gasteiger partial charge in [0.25, 0.3) is 0 Å². The fourth-order valence-corrected chi connectivity index (χ4v) is 4.10. The van der Waals surface area contributed by atoms with Crippen LogP contribution in [0.2, 0.25) is 0 Å². The van der Waals surface area contributed by atoms with Crippen LogP contribution in [-0.4, -0.2) is 50.2 Å². The Morgan fingerprint density at radius 3 is 2.35 bits per heavy atom. The number of hydrogen-bond acceptors (Lipinski definition) is 5. The molecule has 0 spiro atoms. The number of nitrogens with one attached hydrogen (secondary N) is 1. The number of carbonyl (C=O) groups is 3. The van der Waals surface area contributed by atoms with E-state index in [1.54, 1.807) is 4.90 Å². The van der Waals surface area contributed by atoms with Gasteiger partial charge in [-0.25, -0.2) is 4.79 Å². The Kier molecular flexibility index (Phi) is 3.97. The van der Waals surface area contributed by atoms with Crippen molar-refractivity contribution in [3.05, 3.63) is 24.3 Å². The molecule has 26 heavy (non-hydrogen) atoms. The molecule has 1 aliphatic carbocycles. The molecule has 8 nitrogen and oxygen atoms in total. The third-order valence-corrected chi connectivity index (χ3v) is 5.50. The Balaban J connectivity index is 1.36. The van der Waals surface area contributed by atoms with Gasteiger partial charge in [0.15, 0.2) is 0 Å². The van der Waals surface area contributed by atoms with Gasteiger partial charge < -0.3 is 20.7 Å². The number of hydrogen-bond donors (Lipinski definition) is 2. The summed E-state index contributed by atoms with van der Waals surface area (Å²) in [5.74, 6) is 0.485. The molecule has 1 aromatic rings. The van der Waals surface area contributed by atoms with E-state index >= 15 is 0 Å². The molecule has 1 aromatic carbocycles. The van der Waals surface area contributed by atoms with Crippen LogP contribution < -0.4 is 20.9 Å². The number of rotatable bonds is 5. The number of amides is 3. The van der Waals surface area contributed by atoms with E-state index in [2.05, 4.69) is 10.2 Å². The molecule has 0 radical (unpaired) electrons. The molecule has 1 saturated carbocycles. The van der Waals surface area contributed by atoms with E-state index < -0.39 is 6.09 Å². The second kappa shape index (κ2) is 6.19. The zero-order valence-electron chi connectivity index (χ0n) is 14.6. The standard InChI is InChI=1S/C18H22N4O4/c1-10(23)20-6-13-7-22(18(25)26-13)12-4-2-11(3-5-12)21-8-14-15(9-21)16(14)17(19)24/h2-5,13-16H,6-9H2,1H3,(H2,19,24)(H,20,23)/t13-,14-,15+,16?/m0/s1. The average molecular weight is 358 g/mol. The van der Waals surface area contributed by atoms with Crippen LogP contribution in [0.5, 0.6) is 0 Å². The maximum absolute atomic E-state index is 12.1. The summed E-state index contributed by atoms with van der Waals surface area (Å²) in [6.45, 7) is 3.85. The van der Waals surface area contributed by atoms with Crippen LogP contribution in [0.4, 0.5) is 16.2 Å². The van der Waals surface area contributed by atoms with Gasteiger partial charge in [-0.2, -0.15) is 0 Å². The fraction of sp³-hybridized carbons (Fsp3) is 0.500. The van der Waals surface area contributed by atoms with Crippen LogP contribution in [-0.2, 0) is 14.3 Å². The molecule has 3 fully saturated rings. The first-order valence-electron chi connectivity index (χ1n) is 8.81. The molecule has 3 amide bonds. The SMILES string of the molecule is CC(=O)NC[C@H]1CN(c2ccc(N3C[C@@H]4C(C(N)=O)[C@@H]4C3)cc2)C(=O)O1. The molecule has 0 bridgehead atoms. The normalized spacial score (nSPS) is 29.3. The minimum atomic E-state index is -0.403. The van der Waals surface area contributed by atoms with Crippen molar-refractivity contribution in [3.63, 3.8) is 0 Å². The van der Waals surface area contributed by atoms with Gasteiger partial charge in [0.2, 0.25) is 11.8 Å². The third-order valence-electron chi connectivity index (χ3n) is 5.50. The van der Waals surface area contributed by atoms with E-state index in [1.165, 1.54) is 6.92 Å². The lowest BCUT2D eigenvalue weighted by Crippen LogP contribution is -2.33. The second-order valence-corrected chi connectivity index (χ2v) is 7.23. The van der Waals surface area contributed by atoms with Gasteiger partial charge in [0.05, 0.1) is 13.1 Å². The van der Waals surface area contributed by atoms with Gasteiger partial charge in [-0.15, -0.1) is 0 Å². The minimum absolute atomic E-state index is 0.0467. The number of carbonyl (C=O) groups excluding carboxylic acids is 3. The van der Waals surface area contributed by atoms with Gasteiger partial charge in [-0.1, -0.05) is 0 Å². The summed E-state index contributed by atoms with van der Waals surface area (Å²) < 4.78 is 5.28. The van der Waals surface area contributed by atoms with E-state index in [1.807, 2.05) is 24.3 Å². The Labute approximate surface area is 151 Å². The number of piperidine rings is 1. The van der Waals surface area contributed by atoms with Gasteiger partial charge in [-0.05, 0) is 36.1 Å². The highest BCUT2D eigenvalue weighted by atomic mass is 16.6. The number of anilines is 2. The molecule has 3 N–H and O–H groups in total. The quantitative estimate of drug-likeness (QED) is 0.788. The first-order chi connectivity index (χ1) is 12.4. The number of nitrogens with two attached hydrogens (primary N) is 1. The van der Waals surface area contributed by atoms with Crippen LogP contribution in [0.3, 0.4) is 0 Å². The third kappa shape index (κ3) is 2.95. The molecule has 2 saturated heterocycles. The minimum Gasteiger partial charge on any atom is -0.442 e. The van der Waals surface area contributed by atoms with Gasteiger partial charge >= 0.3 is 6.09 Å². The van der Waals surface area contributed by atoms with Crippen molar-refractivity contribution < 1.29 is 19.1 Å². The molecule has 2 aliphatic heterocycles. The lowest BCUT2D eigenvalue weighted by Gasteiger charge is -2.22. The summed E-state index contributed by atoms with van der Waals surface area (Å²) in [7, 11) is 0. The van der Waals surface area contributed by atoms with Crippen molar-refractivity contribution in [2.45, 2.75) is 13.0 Å². The summed E-state index contributed by atoms with van der Waals surface area (Å²) in [4.78, 5) is 38.1. The van der Waals surface area contributed by atoms with Crippen LogP contribution in [0.1, 0.15) is 6.92 Å². The highest BCUT2D eigenvalue weighted by Crippen LogP contribution is 2.52. The molecule has 4 atom stereocenters. The second-order valence-electron chi connectivity index (χ2n) is 7.23. The summed E-state index contributed by atoms with van der Waals surface area (Å²) in [6.07, 6.45) is -0.748. The molecular weight excluding hydrogens is 336 g/mol. The molecular formula is C18H22N4O4. The smallest absolute Gasteiger partial charge is 0.414 e. The van der Waals surface area contributed by atoms with E-state index in [4.69, 9.17) is 10.5 Å². The molecule has 0 aromatic heterocycles. The molecule has 8 heteroatoms. The number of benzene rings is 1. The van der Waals surface area contributed by atoms with Crippen molar-refractivity contribution in [1.29, 1.82) is 0 Å². The number of fused-ring (bicyclic) bond motifs is 1. The monoisotopic (exact) mass is 358 g/mol. The average Bonchev–Trinajstić information content (AvgIpc) is 2.93. The first-order valence-corrected chi connectivity index (χ1v) is 8.81. The summed E-state index contributed by atoms with van der Waals surface area (Å²) in [5.41, 5.74) is 7.24. The zero-order chi connectivity index (χ0) is 18.4. The van der Waals surface area contributed by atoms with Crippen LogP contribution in [0, 0.1) is 17.8 Å². The predicted octanol–water partition coefficient (Wildman–Crippen LogP) is 0.315.